The molecule has 1 aromatic carbocycles. The Bertz CT molecular complexity index is 510. The lowest BCUT2D eigenvalue weighted by atomic mass is 10.2. The highest BCUT2D eigenvalue weighted by molar-refractivity contribution is 5.59. The molecule has 0 fully saturated rings. The van der Waals surface area contributed by atoms with E-state index in [1.807, 2.05) is 43.1 Å². The number of nitrogens with one attached hydrogen (secondary N) is 1. The van der Waals surface area contributed by atoms with Gasteiger partial charge in [-0.1, -0.05) is 0 Å². The predicted octanol–water partition coefficient (Wildman–Crippen LogP) is 1.60. The lowest BCUT2D eigenvalue weighted by Crippen LogP contribution is -2.16. The number of anilines is 2. The zero-order chi connectivity index (χ0) is 13.7. The maximum Gasteiger partial charge on any atom is 0.266 e. The first kappa shape index (κ1) is 13.4. The zero-order valence-electron chi connectivity index (χ0n) is 11.1. The fraction of sp³-hybridized carbons (Fsp3) is 0.385. The lowest BCUT2D eigenvalue weighted by Gasteiger charge is -2.08. The quantitative estimate of drug-likeness (QED) is 0.823. The van der Waals surface area contributed by atoms with Gasteiger partial charge in [-0.15, -0.1) is 0 Å². The Morgan fingerprint density at radius 3 is 2.68 bits per heavy atom. The van der Waals surface area contributed by atoms with Gasteiger partial charge in [-0.2, -0.15) is 4.98 Å². The number of aromatic nitrogens is 2. The number of benzene rings is 1. The van der Waals surface area contributed by atoms with Gasteiger partial charge in [0.25, 0.3) is 11.8 Å². The molecule has 0 unspecified atom stereocenters. The molecule has 6 heteroatoms. The van der Waals surface area contributed by atoms with E-state index in [0.29, 0.717) is 18.4 Å². The first-order valence-corrected chi connectivity index (χ1v) is 6.24. The molecule has 2 rings (SSSR count). The van der Waals surface area contributed by atoms with E-state index in [-0.39, 0.29) is 6.61 Å². The molecule has 0 amide bonds. The zero-order valence-corrected chi connectivity index (χ0v) is 11.1. The maximum absolute atomic E-state index is 8.74. The van der Waals surface area contributed by atoms with Gasteiger partial charge in [0, 0.05) is 31.4 Å². The molecular formula is C13H18N4O2. The second-order valence-electron chi connectivity index (χ2n) is 4.14. The maximum atomic E-state index is 8.74. The molecule has 2 N–H and O–H groups in total. The van der Waals surface area contributed by atoms with Gasteiger partial charge in [0.1, 0.15) is 0 Å². The Morgan fingerprint density at radius 1 is 1.32 bits per heavy atom. The molecule has 0 bridgehead atoms. The van der Waals surface area contributed by atoms with E-state index in [1.165, 1.54) is 0 Å². The van der Waals surface area contributed by atoms with Crippen molar-refractivity contribution in [2.75, 3.05) is 37.0 Å². The van der Waals surface area contributed by atoms with Crippen LogP contribution in [0.25, 0.3) is 11.5 Å². The van der Waals surface area contributed by atoms with E-state index >= 15 is 0 Å². The van der Waals surface area contributed by atoms with Crippen molar-refractivity contribution in [1.29, 1.82) is 0 Å². The minimum Gasteiger partial charge on any atom is -0.395 e. The molecule has 0 spiro atoms. The van der Waals surface area contributed by atoms with Crippen molar-refractivity contribution in [3.05, 3.63) is 24.3 Å². The third-order valence-corrected chi connectivity index (χ3v) is 2.80. The van der Waals surface area contributed by atoms with Crippen molar-refractivity contribution < 1.29 is 9.63 Å². The van der Waals surface area contributed by atoms with Crippen LogP contribution in [0.3, 0.4) is 0 Å². The van der Waals surface area contributed by atoms with Crippen LogP contribution in [0.2, 0.25) is 0 Å². The van der Waals surface area contributed by atoms with Crippen LogP contribution in [-0.2, 0) is 0 Å². The second-order valence-corrected chi connectivity index (χ2v) is 4.14. The van der Waals surface area contributed by atoms with Gasteiger partial charge in [0.05, 0.1) is 6.61 Å². The first-order chi connectivity index (χ1) is 9.24. The largest absolute Gasteiger partial charge is 0.395 e. The molecule has 1 heterocycles. The Kier molecular flexibility index (Phi) is 4.35. The number of aliphatic hydroxyl groups excluding tert-OH is 1. The molecule has 1 aromatic heterocycles. The summed E-state index contributed by atoms with van der Waals surface area (Å²) in [5.41, 5.74) is 1.82. The minimum atomic E-state index is 0.109. The van der Waals surface area contributed by atoms with Gasteiger partial charge in [0.15, 0.2) is 0 Å². The van der Waals surface area contributed by atoms with Gasteiger partial charge in [-0.3, -0.25) is 0 Å². The Hall–Kier alpha value is -2.08. The van der Waals surface area contributed by atoms with Crippen LogP contribution >= 0.6 is 0 Å². The van der Waals surface area contributed by atoms with Gasteiger partial charge in [0.2, 0.25) is 0 Å². The highest BCUT2D eigenvalue weighted by Gasteiger charge is 2.10. The van der Waals surface area contributed by atoms with Crippen LogP contribution in [0.4, 0.5) is 11.6 Å². The molecule has 0 saturated carbocycles. The average molecular weight is 262 g/mol. The van der Waals surface area contributed by atoms with Crippen LogP contribution in [-0.4, -0.2) is 42.0 Å². The Morgan fingerprint density at radius 2 is 2.05 bits per heavy atom. The van der Waals surface area contributed by atoms with Crippen molar-refractivity contribution in [3.63, 3.8) is 0 Å². The summed E-state index contributed by atoms with van der Waals surface area (Å²) in [6, 6.07) is 7.64. The summed E-state index contributed by atoms with van der Waals surface area (Å²) in [6.45, 7) is 3.49. The van der Waals surface area contributed by atoms with Crippen molar-refractivity contribution in [2.24, 2.45) is 0 Å². The summed E-state index contributed by atoms with van der Waals surface area (Å²) < 4.78 is 5.23. The van der Waals surface area contributed by atoms with Gasteiger partial charge in [-0.25, -0.2) is 0 Å². The second kappa shape index (κ2) is 6.19. The van der Waals surface area contributed by atoms with Crippen LogP contribution in [0.15, 0.2) is 28.8 Å². The average Bonchev–Trinajstić information content (AvgIpc) is 2.94. The number of aliphatic hydroxyl groups is 1. The summed E-state index contributed by atoms with van der Waals surface area (Å²) in [5.74, 6) is 1.09. The number of nitrogens with zero attached hydrogens (tertiary/aromatic N) is 3. The minimum absolute atomic E-state index is 0.109. The van der Waals surface area contributed by atoms with E-state index in [2.05, 4.69) is 15.5 Å². The summed E-state index contributed by atoms with van der Waals surface area (Å²) in [7, 11) is 1.91. The highest BCUT2D eigenvalue weighted by Crippen LogP contribution is 2.21. The number of hydrogen-bond acceptors (Lipinski definition) is 6. The SMILES string of the molecule is CCN(C)c1noc(-c2ccc(NCCO)cc2)n1. The van der Waals surface area contributed by atoms with E-state index in [1.54, 1.807) is 0 Å². The molecule has 0 aliphatic rings. The van der Waals surface area contributed by atoms with Gasteiger partial charge in [-0.05, 0) is 36.3 Å². The van der Waals surface area contributed by atoms with Crippen molar-refractivity contribution in [2.45, 2.75) is 6.92 Å². The van der Waals surface area contributed by atoms with Crippen LogP contribution in [0, 0.1) is 0 Å². The third kappa shape index (κ3) is 3.23. The van der Waals surface area contributed by atoms with E-state index in [0.717, 1.165) is 17.8 Å². The molecule has 0 aliphatic heterocycles. The van der Waals surface area contributed by atoms with Gasteiger partial charge < -0.3 is 19.8 Å². The van der Waals surface area contributed by atoms with Crippen LogP contribution < -0.4 is 10.2 Å². The standard InChI is InChI=1S/C13H18N4O2/c1-3-17(2)13-15-12(19-16-13)10-4-6-11(7-5-10)14-8-9-18/h4-7,14,18H,3,8-9H2,1-2H3. The molecule has 6 nitrogen and oxygen atoms in total. The highest BCUT2D eigenvalue weighted by atomic mass is 16.5. The monoisotopic (exact) mass is 262 g/mol. The number of hydrogen-bond donors (Lipinski definition) is 2. The molecule has 2 aromatic rings. The molecule has 0 aliphatic carbocycles. The van der Waals surface area contributed by atoms with E-state index in [9.17, 15) is 0 Å². The molecular weight excluding hydrogens is 244 g/mol. The van der Waals surface area contributed by atoms with E-state index in [4.69, 9.17) is 9.63 Å². The summed E-state index contributed by atoms with van der Waals surface area (Å²) in [4.78, 5) is 6.24. The summed E-state index contributed by atoms with van der Waals surface area (Å²) >= 11 is 0. The molecule has 102 valence electrons. The smallest absolute Gasteiger partial charge is 0.266 e. The Labute approximate surface area is 112 Å². The molecule has 0 saturated heterocycles. The molecule has 19 heavy (non-hydrogen) atoms. The molecule has 0 atom stereocenters. The normalized spacial score (nSPS) is 10.5. The Balaban J connectivity index is 2.11. The fourth-order valence-corrected chi connectivity index (χ4v) is 1.56. The van der Waals surface area contributed by atoms with Crippen LogP contribution in [0.1, 0.15) is 6.92 Å². The molecule has 0 radical (unpaired) electrons. The lowest BCUT2D eigenvalue weighted by molar-refractivity contribution is 0.311. The summed E-state index contributed by atoms with van der Waals surface area (Å²) in [6.07, 6.45) is 0. The van der Waals surface area contributed by atoms with Crippen molar-refractivity contribution >= 4 is 11.6 Å². The fourth-order valence-electron chi connectivity index (χ4n) is 1.56. The van der Waals surface area contributed by atoms with Crippen molar-refractivity contribution in [1.82, 2.24) is 10.1 Å². The van der Waals surface area contributed by atoms with E-state index < -0.39 is 0 Å². The number of rotatable bonds is 6. The predicted molar refractivity (Wildman–Crippen MR) is 74.3 cm³/mol. The summed E-state index contributed by atoms with van der Waals surface area (Å²) in [5, 5.41) is 15.7. The topological polar surface area (TPSA) is 74.4 Å². The van der Waals surface area contributed by atoms with Crippen molar-refractivity contribution in [3.8, 4) is 11.5 Å². The van der Waals surface area contributed by atoms with Gasteiger partial charge >= 0.3 is 0 Å². The first-order valence-electron chi connectivity index (χ1n) is 6.24. The van der Waals surface area contributed by atoms with Crippen LogP contribution in [0.5, 0.6) is 0 Å². The third-order valence-electron chi connectivity index (χ3n) is 2.80.